The molecule has 0 bridgehead atoms. The number of methoxy groups -OCH3 is 1. The first-order valence-electron chi connectivity index (χ1n) is 9.25. The van der Waals surface area contributed by atoms with Gasteiger partial charge in [0.15, 0.2) is 0 Å². The smallest absolute Gasteiger partial charge is 0.258 e. The van der Waals surface area contributed by atoms with Crippen molar-refractivity contribution in [2.75, 3.05) is 12.4 Å². The van der Waals surface area contributed by atoms with Gasteiger partial charge in [0.05, 0.1) is 7.11 Å². The van der Waals surface area contributed by atoms with Crippen LogP contribution in [0.3, 0.4) is 0 Å². The van der Waals surface area contributed by atoms with Crippen molar-refractivity contribution in [3.8, 4) is 40.1 Å². The van der Waals surface area contributed by atoms with Gasteiger partial charge in [-0.3, -0.25) is 4.79 Å². The SMILES string of the molecule is COc1cccc(-c2nc(-c3ccc(Oc4ccc(NC(C)=O)cc4)cc3)no2)c1. The number of carbonyl (C=O) groups is 1. The Morgan fingerprint density at radius 3 is 2.27 bits per heavy atom. The first-order valence-corrected chi connectivity index (χ1v) is 9.25. The molecular weight excluding hydrogens is 382 g/mol. The average molecular weight is 401 g/mol. The molecule has 0 spiro atoms. The van der Waals surface area contributed by atoms with Crippen LogP contribution >= 0.6 is 0 Å². The molecule has 30 heavy (non-hydrogen) atoms. The standard InChI is InChI=1S/C23H19N3O4/c1-15(27)24-18-8-12-20(13-9-18)29-19-10-6-16(7-11-19)22-25-23(30-26-22)17-4-3-5-21(14-17)28-2/h3-14H,1-2H3,(H,24,27). The van der Waals surface area contributed by atoms with Crippen LogP contribution in [0, 0.1) is 0 Å². The second-order valence-electron chi connectivity index (χ2n) is 6.49. The number of hydrogen-bond donors (Lipinski definition) is 1. The van der Waals surface area contributed by atoms with Gasteiger partial charge in [0.25, 0.3) is 5.89 Å². The summed E-state index contributed by atoms with van der Waals surface area (Å²) in [5.74, 6) is 2.84. The number of ether oxygens (including phenoxy) is 2. The van der Waals surface area contributed by atoms with E-state index < -0.39 is 0 Å². The van der Waals surface area contributed by atoms with E-state index in [2.05, 4.69) is 15.5 Å². The second-order valence-corrected chi connectivity index (χ2v) is 6.49. The quantitative estimate of drug-likeness (QED) is 0.480. The Morgan fingerprint density at radius 2 is 1.60 bits per heavy atom. The Kier molecular flexibility index (Phi) is 5.43. The summed E-state index contributed by atoms with van der Waals surface area (Å²) in [6, 6.07) is 22.0. The molecule has 0 aliphatic carbocycles. The van der Waals surface area contributed by atoms with Crippen LogP contribution in [0.1, 0.15) is 6.92 Å². The van der Waals surface area contributed by atoms with Crippen molar-refractivity contribution in [2.24, 2.45) is 0 Å². The Morgan fingerprint density at radius 1 is 0.900 bits per heavy atom. The van der Waals surface area contributed by atoms with Gasteiger partial charge in [-0.1, -0.05) is 11.2 Å². The van der Waals surface area contributed by atoms with Gasteiger partial charge in [-0.05, 0) is 66.7 Å². The Labute approximate surface area is 173 Å². The maximum absolute atomic E-state index is 11.1. The van der Waals surface area contributed by atoms with Crippen molar-refractivity contribution in [1.82, 2.24) is 10.1 Å². The summed E-state index contributed by atoms with van der Waals surface area (Å²) in [4.78, 5) is 15.5. The van der Waals surface area contributed by atoms with E-state index in [0.717, 1.165) is 16.9 Å². The van der Waals surface area contributed by atoms with E-state index in [1.165, 1.54) is 6.92 Å². The average Bonchev–Trinajstić information content (AvgIpc) is 3.26. The predicted octanol–water partition coefficient (Wildman–Crippen LogP) is 5.16. The topological polar surface area (TPSA) is 86.5 Å². The molecule has 1 heterocycles. The molecule has 0 radical (unpaired) electrons. The molecular formula is C23H19N3O4. The van der Waals surface area contributed by atoms with Gasteiger partial charge in [-0.15, -0.1) is 0 Å². The van der Waals surface area contributed by atoms with Crippen molar-refractivity contribution in [1.29, 1.82) is 0 Å². The minimum absolute atomic E-state index is 0.115. The zero-order valence-electron chi connectivity index (χ0n) is 16.5. The van der Waals surface area contributed by atoms with Crippen LogP contribution in [0.4, 0.5) is 5.69 Å². The van der Waals surface area contributed by atoms with Crippen LogP contribution in [0.5, 0.6) is 17.2 Å². The van der Waals surface area contributed by atoms with E-state index in [1.807, 2.05) is 48.5 Å². The highest BCUT2D eigenvalue weighted by atomic mass is 16.5. The molecule has 150 valence electrons. The maximum Gasteiger partial charge on any atom is 0.258 e. The molecule has 1 amide bonds. The lowest BCUT2D eigenvalue weighted by Gasteiger charge is -2.07. The summed E-state index contributed by atoms with van der Waals surface area (Å²) in [7, 11) is 1.61. The van der Waals surface area contributed by atoms with Gasteiger partial charge in [-0.25, -0.2) is 0 Å². The monoisotopic (exact) mass is 401 g/mol. The zero-order chi connectivity index (χ0) is 20.9. The summed E-state index contributed by atoms with van der Waals surface area (Å²) in [5.41, 5.74) is 2.31. The number of rotatable bonds is 6. The van der Waals surface area contributed by atoms with Crippen LogP contribution in [0.2, 0.25) is 0 Å². The van der Waals surface area contributed by atoms with E-state index >= 15 is 0 Å². The summed E-state index contributed by atoms with van der Waals surface area (Å²) < 4.78 is 16.5. The van der Waals surface area contributed by atoms with Crippen LogP contribution in [0.15, 0.2) is 77.3 Å². The van der Waals surface area contributed by atoms with Gasteiger partial charge in [0, 0.05) is 23.7 Å². The molecule has 0 saturated heterocycles. The third kappa shape index (κ3) is 4.47. The van der Waals surface area contributed by atoms with Crippen molar-refractivity contribution < 1.29 is 18.8 Å². The van der Waals surface area contributed by atoms with Gasteiger partial charge in [0.2, 0.25) is 11.7 Å². The second kappa shape index (κ2) is 8.48. The van der Waals surface area contributed by atoms with E-state index in [4.69, 9.17) is 14.0 Å². The Balaban J connectivity index is 1.46. The van der Waals surface area contributed by atoms with Crippen LogP contribution < -0.4 is 14.8 Å². The number of carbonyl (C=O) groups excluding carboxylic acids is 1. The Bertz CT molecular complexity index is 1150. The van der Waals surface area contributed by atoms with E-state index in [9.17, 15) is 4.79 Å². The van der Waals surface area contributed by atoms with Crippen molar-refractivity contribution in [3.63, 3.8) is 0 Å². The fourth-order valence-corrected chi connectivity index (χ4v) is 2.83. The predicted molar refractivity (Wildman–Crippen MR) is 113 cm³/mol. The van der Waals surface area contributed by atoms with Crippen molar-refractivity contribution in [3.05, 3.63) is 72.8 Å². The number of hydrogen-bond acceptors (Lipinski definition) is 6. The fraction of sp³-hybridized carbons (Fsp3) is 0.0870. The summed E-state index contributed by atoms with van der Waals surface area (Å²) >= 11 is 0. The van der Waals surface area contributed by atoms with Gasteiger partial charge in [0.1, 0.15) is 17.2 Å². The molecule has 1 aromatic heterocycles. The molecule has 3 aromatic carbocycles. The summed E-state index contributed by atoms with van der Waals surface area (Å²) in [6.45, 7) is 1.47. The fourth-order valence-electron chi connectivity index (χ4n) is 2.83. The van der Waals surface area contributed by atoms with E-state index in [0.29, 0.717) is 28.9 Å². The molecule has 4 aromatic rings. The van der Waals surface area contributed by atoms with Gasteiger partial charge < -0.3 is 19.3 Å². The van der Waals surface area contributed by atoms with E-state index in [1.54, 1.807) is 31.4 Å². The number of nitrogens with zero attached hydrogens (tertiary/aromatic N) is 2. The van der Waals surface area contributed by atoms with E-state index in [-0.39, 0.29) is 5.91 Å². The molecule has 7 nitrogen and oxygen atoms in total. The lowest BCUT2D eigenvalue weighted by molar-refractivity contribution is -0.114. The van der Waals surface area contributed by atoms with Gasteiger partial charge >= 0.3 is 0 Å². The molecule has 1 N–H and O–H groups in total. The molecule has 0 aliphatic rings. The molecule has 0 fully saturated rings. The number of anilines is 1. The largest absolute Gasteiger partial charge is 0.497 e. The number of nitrogens with one attached hydrogen (secondary N) is 1. The molecule has 0 unspecified atom stereocenters. The minimum Gasteiger partial charge on any atom is -0.497 e. The molecule has 4 rings (SSSR count). The summed E-state index contributed by atoms with van der Waals surface area (Å²) in [6.07, 6.45) is 0. The zero-order valence-corrected chi connectivity index (χ0v) is 16.5. The molecule has 0 aliphatic heterocycles. The lowest BCUT2D eigenvalue weighted by atomic mass is 10.2. The number of benzene rings is 3. The molecule has 0 atom stereocenters. The number of amides is 1. The number of aromatic nitrogens is 2. The first kappa shape index (κ1) is 19.2. The van der Waals surface area contributed by atoms with Crippen LogP contribution in [0.25, 0.3) is 22.8 Å². The third-order valence-electron chi connectivity index (χ3n) is 4.27. The van der Waals surface area contributed by atoms with Gasteiger partial charge in [-0.2, -0.15) is 4.98 Å². The lowest BCUT2D eigenvalue weighted by Crippen LogP contribution is -2.05. The van der Waals surface area contributed by atoms with Crippen LogP contribution in [-0.2, 0) is 4.79 Å². The van der Waals surface area contributed by atoms with Crippen molar-refractivity contribution >= 4 is 11.6 Å². The highest BCUT2D eigenvalue weighted by molar-refractivity contribution is 5.88. The third-order valence-corrected chi connectivity index (χ3v) is 4.27. The highest BCUT2D eigenvalue weighted by Crippen LogP contribution is 2.28. The molecule has 7 heteroatoms. The van der Waals surface area contributed by atoms with Crippen LogP contribution in [-0.4, -0.2) is 23.2 Å². The minimum atomic E-state index is -0.115. The normalized spacial score (nSPS) is 10.5. The maximum atomic E-state index is 11.1. The highest BCUT2D eigenvalue weighted by Gasteiger charge is 2.11. The Hall–Kier alpha value is -4.13. The summed E-state index contributed by atoms with van der Waals surface area (Å²) in [5, 5.41) is 6.78. The van der Waals surface area contributed by atoms with Crippen molar-refractivity contribution in [2.45, 2.75) is 6.92 Å². The first-order chi connectivity index (χ1) is 14.6. The molecule has 0 saturated carbocycles.